The van der Waals surface area contributed by atoms with E-state index in [2.05, 4.69) is 5.10 Å². The molecule has 3 rings (SSSR count). The summed E-state index contributed by atoms with van der Waals surface area (Å²) >= 11 is 6.23. The number of nitrogens with zero attached hydrogens (tertiary/aromatic N) is 2. The van der Waals surface area contributed by atoms with Gasteiger partial charge in [0.05, 0.1) is 23.5 Å². The summed E-state index contributed by atoms with van der Waals surface area (Å²) < 4.78 is 1.74. The van der Waals surface area contributed by atoms with Crippen LogP contribution in [0.5, 0.6) is 0 Å². The maximum atomic E-state index is 9.10. The molecule has 0 amide bonds. The van der Waals surface area contributed by atoms with Gasteiger partial charge < -0.3 is 5.11 Å². The van der Waals surface area contributed by atoms with Gasteiger partial charge in [-0.15, -0.1) is 0 Å². The molecule has 0 atom stereocenters. The number of aromatic nitrogens is 2. The Kier molecular flexibility index (Phi) is 3.54. The Balaban J connectivity index is 1.98. The van der Waals surface area contributed by atoms with Crippen molar-refractivity contribution in [3.63, 3.8) is 0 Å². The van der Waals surface area contributed by atoms with Gasteiger partial charge in [-0.3, -0.25) is 0 Å². The van der Waals surface area contributed by atoms with E-state index in [0.717, 1.165) is 22.4 Å². The average Bonchev–Trinajstić information content (AvgIpc) is 2.97. The maximum Gasteiger partial charge on any atom is 0.0832 e. The Morgan fingerprint density at radius 3 is 2.55 bits per heavy atom. The largest absolute Gasteiger partial charge is 0.392 e. The molecule has 0 radical (unpaired) electrons. The molecule has 4 heteroatoms. The average molecular weight is 285 g/mol. The molecule has 0 saturated carbocycles. The molecule has 0 aliphatic rings. The molecule has 1 N–H and O–H groups in total. The van der Waals surface area contributed by atoms with Crippen LogP contribution in [0.2, 0.25) is 5.02 Å². The first kappa shape index (κ1) is 12.9. The lowest BCUT2D eigenvalue weighted by molar-refractivity contribution is 0.282. The Hall–Kier alpha value is -2.10. The minimum Gasteiger partial charge on any atom is -0.392 e. The van der Waals surface area contributed by atoms with Crippen LogP contribution in [0, 0.1) is 0 Å². The van der Waals surface area contributed by atoms with Crippen molar-refractivity contribution >= 4 is 11.6 Å². The molecule has 0 aliphatic heterocycles. The second-order valence-corrected chi connectivity index (χ2v) is 4.89. The zero-order valence-electron chi connectivity index (χ0n) is 10.7. The third-order valence-electron chi connectivity index (χ3n) is 3.13. The lowest BCUT2D eigenvalue weighted by Crippen LogP contribution is -1.96. The van der Waals surface area contributed by atoms with E-state index in [-0.39, 0.29) is 6.61 Å². The molecule has 3 aromatic rings. The molecule has 0 unspecified atom stereocenters. The topological polar surface area (TPSA) is 38.0 Å². The Morgan fingerprint density at radius 1 is 1.05 bits per heavy atom. The minimum atomic E-state index is -0.0195. The molecule has 20 heavy (non-hydrogen) atoms. The van der Waals surface area contributed by atoms with Crippen molar-refractivity contribution in [1.29, 1.82) is 0 Å². The van der Waals surface area contributed by atoms with Gasteiger partial charge in [-0.25, -0.2) is 4.68 Å². The van der Waals surface area contributed by atoms with Crippen molar-refractivity contribution in [1.82, 2.24) is 9.78 Å². The number of hydrogen-bond donors (Lipinski definition) is 1. The third-order valence-corrected chi connectivity index (χ3v) is 3.43. The maximum absolute atomic E-state index is 9.10. The number of aliphatic hydroxyl groups is 1. The molecule has 3 nitrogen and oxygen atoms in total. The number of aliphatic hydroxyl groups excluding tert-OH is 1. The predicted molar refractivity (Wildman–Crippen MR) is 79.9 cm³/mol. The van der Waals surface area contributed by atoms with Crippen molar-refractivity contribution in [3.05, 3.63) is 71.5 Å². The van der Waals surface area contributed by atoms with Crippen LogP contribution in [0.15, 0.2) is 60.9 Å². The second-order valence-electron chi connectivity index (χ2n) is 4.48. The zero-order chi connectivity index (χ0) is 13.9. The van der Waals surface area contributed by atoms with Gasteiger partial charge in [0, 0.05) is 11.8 Å². The first-order chi connectivity index (χ1) is 9.78. The Labute approximate surface area is 122 Å². The van der Waals surface area contributed by atoms with Gasteiger partial charge in [0.2, 0.25) is 0 Å². The third kappa shape index (κ3) is 2.46. The van der Waals surface area contributed by atoms with Crippen LogP contribution in [0.25, 0.3) is 16.8 Å². The van der Waals surface area contributed by atoms with Crippen molar-refractivity contribution in [3.8, 4) is 16.8 Å². The van der Waals surface area contributed by atoms with Gasteiger partial charge in [0.25, 0.3) is 0 Å². The summed E-state index contributed by atoms with van der Waals surface area (Å²) in [6, 6.07) is 15.5. The van der Waals surface area contributed by atoms with Gasteiger partial charge >= 0.3 is 0 Å². The molecule has 0 fully saturated rings. The fraction of sp³-hybridized carbons (Fsp3) is 0.0625. The molecule has 0 spiro atoms. The Bertz CT molecular complexity index is 722. The molecule has 1 aromatic heterocycles. The smallest absolute Gasteiger partial charge is 0.0832 e. The van der Waals surface area contributed by atoms with E-state index in [1.807, 2.05) is 54.9 Å². The second kappa shape index (κ2) is 5.49. The van der Waals surface area contributed by atoms with Gasteiger partial charge in [0.1, 0.15) is 0 Å². The van der Waals surface area contributed by atoms with Crippen LogP contribution >= 0.6 is 11.6 Å². The van der Waals surface area contributed by atoms with E-state index >= 15 is 0 Å². The van der Waals surface area contributed by atoms with Gasteiger partial charge in [-0.05, 0) is 23.3 Å². The van der Waals surface area contributed by atoms with Crippen molar-refractivity contribution in [2.75, 3.05) is 0 Å². The summed E-state index contributed by atoms with van der Waals surface area (Å²) in [7, 11) is 0. The standard InChI is InChI=1S/C16H13ClN2O/c17-15-8-12(11-20)6-7-16(15)19-10-14(9-18-19)13-4-2-1-3-5-13/h1-10,20H,11H2. The van der Waals surface area contributed by atoms with Gasteiger partial charge in [-0.2, -0.15) is 5.10 Å². The highest BCUT2D eigenvalue weighted by molar-refractivity contribution is 6.32. The van der Waals surface area contributed by atoms with E-state index in [9.17, 15) is 0 Å². The van der Waals surface area contributed by atoms with Crippen LogP contribution in [-0.4, -0.2) is 14.9 Å². The van der Waals surface area contributed by atoms with Crippen molar-refractivity contribution in [2.24, 2.45) is 0 Å². The summed E-state index contributed by atoms with van der Waals surface area (Å²) in [6.45, 7) is -0.0195. The van der Waals surface area contributed by atoms with Crippen LogP contribution in [0.3, 0.4) is 0 Å². The summed E-state index contributed by atoms with van der Waals surface area (Å²) in [5, 5.41) is 14.0. The Morgan fingerprint density at radius 2 is 1.85 bits per heavy atom. The van der Waals surface area contributed by atoms with Crippen LogP contribution in [-0.2, 0) is 6.61 Å². The van der Waals surface area contributed by atoms with E-state index < -0.39 is 0 Å². The summed E-state index contributed by atoms with van der Waals surface area (Å²) in [5.74, 6) is 0. The van der Waals surface area contributed by atoms with E-state index in [4.69, 9.17) is 16.7 Å². The normalized spacial score (nSPS) is 10.7. The molecule has 100 valence electrons. The molecule has 2 aromatic carbocycles. The van der Waals surface area contributed by atoms with Gasteiger partial charge in [0.15, 0.2) is 0 Å². The van der Waals surface area contributed by atoms with E-state index in [0.29, 0.717) is 5.02 Å². The zero-order valence-corrected chi connectivity index (χ0v) is 11.5. The fourth-order valence-corrected chi connectivity index (χ4v) is 2.36. The first-order valence-corrected chi connectivity index (χ1v) is 6.65. The number of hydrogen-bond acceptors (Lipinski definition) is 2. The highest BCUT2D eigenvalue weighted by Gasteiger charge is 2.07. The molecule has 0 bridgehead atoms. The summed E-state index contributed by atoms with van der Waals surface area (Å²) in [5.41, 5.74) is 3.73. The number of halogens is 1. The summed E-state index contributed by atoms with van der Waals surface area (Å²) in [6.07, 6.45) is 3.75. The van der Waals surface area contributed by atoms with Crippen molar-refractivity contribution in [2.45, 2.75) is 6.61 Å². The number of rotatable bonds is 3. The monoisotopic (exact) mass is 284 g/mol. The first-order valence-electron chi connectivity index (χ1n) is 6.27. The minimum absolute atomic E-state index is 0.0195. The van der Waals surface area contributed by atoms with E-state index in [1.165, 1.54) is 0 Å². The lowest BCUT2D eigenvalue weighted by atomic mass is 10.1. The van der Waals surface area contributed by atoms with Gasteiger partial charge in [-0.1, -0.05) is 48.0 Å². The van der Waals surface area contributed by atoms with Crippen molar-refractivity contribution < 1.29 is 5.11 Å². The fourth-order valence-electron chi connectivity index (χ4n) is 2.07. The van der Waals surface area contributed by atoms with Crippen LogP contribution < -0.4 is 0 Å². The molecule has 1 heterocycles. The SMILES string of the molecule is OCc1ccc(-n2cc(-c3ccccc3)cn2)c(Cl)c1. The summed E-state index contributed by atoms with van der Waals surface area (Å²) in [4.78, 5) is 0. The lowest BCUT2D eigenvalue weighted by Gasteiger charge is -2.05. The highest BCUT2D eigenvalue weighted by Crippen LogP contribution is 2.24. The van der Waals surface area contributed by atoms with Crippen LogP contribution in [0.1, 0.15) is 5.56 Å². The number of benzene rings is 2. The van der Waals surface area contributed by atoms with Crippen LogP contribution in [0.4, 0.5) is 0 Å². The quantitative estimate of drug-likeness (QED) is 0.797. The highest BCUT2D eigenvalue weighted by atomic mass is 35.5. The molecular weight excluding hydrogens is 272 g/mol. The molecule has 0 saturated heterocycles. The molecular formula is C16H13ClN2O. The van der Waals surface area contributed by atoms with E-state index in [1.54, 1.807) is 10.7 Å². The predicted octanol–water partition coefficient (Wildman–Crippen LogP) is 3.69. The molecule has 0 aliphatic carbocycles.